The van der Waals surface area contributed by atoms with Crippen molar-refractivity contribution >= 4 is 29.0 Å². The third kappa shape index (κ3) is 5.89. The fourth-order valence-electron chi connectivity index (χ4n) is 1.57. The molecule has 0 radical (unpaired) electrons. The molecule has 1 aromatic rings. The van der Waals surface area contributed by atoms with E-state index in [9.17, 15) is 9.90 Å². The number of hydrogen-bond donors (Lipinski definition) is 1. The fourth-order valence-corrected chi connectivity index (χ4v) is 3.34. The van der Waals surface area contributed by atoms with E-state index in [4.69, 9.17) is 0 Å². The molecule has 1 rings (SSSR count). The first-order valence-corrected chi connectivity index (χ1v) is 8.06. The Bertz CT molecular complexity index is 358. The van der Waals surface area contributed by atoms with E-state index in [2.05, 4.69) is 6.07 Å². The van der Waals surface area contributed by atoms with Gasteiger partial charge in [0.05, 0.1) is 11.4 Å². The summed E-state index contributed by atoms with van der Waals surface area (Å²) in [4.78, 5) is 15.0. The summed E-state index contributed by atoms with van der Waals surface area (Å²) in [5.41, 5.74) is -0.829. The molecule has 3 nitrogen and oxygen atoms in total. The lowest BCUT2D eigenvalue weighted by Gasteiger charge is -2.28. The molecule has 102 valence electrons. The maximum atomic E-state index is 12.0. The average Bonchev–Trinajstić information content (AvgIpc) is 2.77. The van der Waals surface area contributed by atoms with Crippen LogP contribution in [0, 0.1) is 0 Å². The molecule has 1 N–H and O–H groups in total. The lowest BCUT2D eigenvalue weighted by Crippen LogP contribution is -2.42. The van der Waals surface area contributed by atoms with Gasteiger partial charge < -0.3 is 10.0 Å². The van der Waals surface area contributed by atoms with Crippen molar-refractivity contribution in [2.75, 3.05) is 18.8 Å². The van der Waals surface area contributed by atoms with Gasteiger partial charge in [0.2, 0.25) is 5.91 Å². The second kappa shape index (κ2) is 7.16. The topological polar surface area (TPSA) is 40.5 Å². The first kappa shape index (κ1) is 15.5. The smallest absolute Gasteiger partial charge is 0.232 e. The van der Waals surface area contributed by atoms with E-state index < -0.39 is 5.60 Å². The molecular weight excluding hydrogens is 266 g/mol. The van der Waals surface area contributed by atoms with Gasteiger partial charge in [-0.15, -0.1) is 23.1 Å². The summed E-state index contributed by atoms with van der Waals surface area (Å²) >= 11 is 3.34. The van der Waals surface area contributed by atoms with Gasteiger partial charge in [-0.2, -0.15) is 0 Å². The Hall–Kier alpha value is -0.520. The minimum atomic E-state index is -0.829. The molecular formula is C13H21NO2S2. The van der Waals surface area contributed by atoms with Crippen molar-refractivity contribution < 1.29 is 9.90 Å². The Labute approximate surface area is 117 Å². The lowest BCUT2D eigenvalue weighted by atomic mass is 10.1. The van der Waals surface area contributed by atoms with Crippen molar-refractivity contribution in [1.82, 2.24) is 4.90 Å². The van der Waals surface area contributed by atoms with Crippen LogP contribution in [-0.4, -0.2) is 40.4 Å². The maximum Gasteiger partial charge on any atom is 0.232 e. The molecule has 0 aliphatic carbocycles. The maximum absolute atomic E-state index is 12.0. The zero-order valence-electron chi connectivity index (χ0n) is 11.2. The highest BCUT2D eigenvalue weighted by atomic mass is 32.2. The normalized spacial score (nSPS) is 11.6. The number of nitrogens with zero attached hydrogens (tertiary/aromatic N) is 1. The van der Waals surface area contributed by atoms with E-state index in [-0.39, 0.29) is 5.91 Å². The summed E-state index contributed by atoms with van der Waals surface area (Å²) in [6.07, 6.45) is 0. The van der Waals surface area contributed by atoms with Crippen molar-refractivity contribution in [2.45, 2.75) is 32.1 Å². The summed E-state index contributed by atoms with van der Waals surface area (Å²) in [5.74, 6) is 1.45. The second-order valence-corrected chi connectivity index (χ2v) is 6.81. The number of thioether (sulfide) groups is 1. The molecule has 1 heterocycles. The van der Waals surface area contributed by atoms with Crippen LogP contribution in [0.3, 0.4) is 0 Å². The number of carbonyl (C=O) groups is 1. The third-order valence-electron chi connectivity index (χ3n) is 2.36. The van der Waals surface area contributed by atoms with Crippen LogP contribution in [0.4, 0.5) is 0 Å². The van der Waals surface area contributed by atoms with Crippen LogP contribution in [0.15, 0.2) is 17.5 Å². The van der Waals surface area contributed by atoms with Crippen LogP contribution in [0.25, 0.3) is 0 Å². The standard InChI is InChI=1S/C13H21NO2S2/c1-4-14(10-13(2,3)16)12(15)9-17-8-11-6-5-7-18-11/h5-7,16H,4,8-10H2,1-3H3. The van der Waals surface area contributed by atoms with E-state index in [1.807, 2.05) is 18.4 Å². The number of likely N-dealkylation sites (N-methyl/N-ethyl adjacent to an activating group) is 1. The van der Waals surface area contributed by atoms with Crippen molar-refractivity contribution in [3.8, 4) is 0 Å². The lowest BCUT2D eigenvalue weighted by molar-refractivity contribution is -0.131. The summed E-state index contributed by atoms with van der Waals surface area (Å²) < 4.78 is 0. The monoisotopic (exact) mass is 287 g/mol. The minimum Gasteiger partial charge on any atom is -0.389 e. The summed E-state index contributed by atoms with van der Waals surface area (Å²) in [6, 6.07) is 4.10. The third-order valence-corrected chi connectivity index (χ3v) is 4.39. The number of aliphatic hydroxyl groups is 1. The van der Waals surface area contributed by atoms with Gasteiger partial charge in [-0.25, -0.2) is 0 Å². The first-order valence-electron chi connectivity index (χ1n) is 6.02. The zero-order chi connectivity index (χ0) is 13.6. The van der Waals surface area contributed by atoms with Gasteiger partial charge in [-0.1, -0.05) is 6.07 Å². The SMILES string of the molecule is CCN(CC(C)(C)O)C(=O)CSCc1cccs1. The number of rotatable bonds is 7. The molecule has 0 aliphatic heterocycles. The van der Waals surface area contributed by atoms with E-state index >= 15 is 0 Å². The number of amides is 1. The first-order chi connectivity index (χ1) is 8.42. The van der Waals surface area contributed by atoms with E-state index in [1.54, 1.807) is 41.8 Å². The predicted octanol–water partition coefficient (Wildman–Crippen LogP) is 2.60. The zero-order valence-corrected chi connectivity index (χ0v) is 12.8. The highest BCUT2D eigenvalue weighted by molar-refractivity contribution is 7.99. The van der Waals surface area contributed by atoms with Crippen LogP contribution in [-0.2, 0) is 10.5 Å². The average molecular weight is 287 g/mol. The van der Waals surface area contributed by atoms with Crippen LogP contribution < -0.4 is 0 Å². The predicted molar refractivity (Wildman–Crippen MR) is 79.0 cm³/mol. The number of thiophene rings is 1. The van der Waals surface area contributed by atoms with E-state index in [0.717, 1.165) is 5.75 Å². The molecule has 0 saturated carbocycles. The van der Waals surface area contributed by atoms with Gasteiger partial charge in [0, 0.05) is 23.7 Å². The van der Waals surface area contributed by atoms with Crippen LogP contribution in [0.1, 0.15) is 25.6 Å². The molecule has 0 aromatic carbocycles. The molecule has 18 heavy (non-hydrogen) atoms. The van der Waals surface area contributed by atoms with Gasteiger partial charge in [-0.05, 0) is 32.2 Å². The largest absolute Gasteiger partial charge is 0.389 e. The summed E-state index contributed by atoms with van der Waals surface area (Å²) in [7, 11) is 0. The minimum absolute atomic E-state index is 0.0983. The molecule has 0 atom stereocenters. The molecule has 1 aromatic heterocycles. The summed E-state index contributed by atoms with van der Waals surface area (Å²) in [6.45, 7) is 6.42. The Morgan fingerprint density at radius 2 is 2.28 bits per heavy atom. The van der Waals surface area contributed by atoms with Gasteiger partial charge in [-0.3, -0.25) is 4.79 Å². The quantitative estimate of drug-likeness (QED) is 0.838. The Kier molecular flexibility index (Phi) is 6.18. The summed E-state index contributed by atoms with van der Waals surface area (Å²) in [5, 5.41) is 11.8. The molecule has 0 unspecified atom stereocenters. The van der Waals surface area contributed by atoms with Crippen molar-refractivity contribution in [2.24, 2.45) is 0 Å². The fraction of sp³-hybridized carbons (Fsp3) is 0.615. The van der Waals surface area contributed by atoms with Crippen molar-refractivity contribution in [3.63, 3.8) is 0 Å². The van der Waals surface area contributed by atoms with Crippen LogP contribution in [0.2, 0.25) is 0 Å². The highest BCUT2D eigenvalue weighted by Crippen LogP contribution is 2.17. The molecule has 5 heteroatoms. The Morgan fingerprint density at radius 3 is 2.78 bits per heavy atom. The van der Waals surface area contributed by atoms with Crippen molar-refractivity contribution in [3.05, 3.63) is 22.4 Å². The molecule has 0 aliphatic rings. The number of carbonyl (C=O) groups excluding carboxylic acids is 1. The van der Waals surface area contributed by atoms with E-state index in [0.29, 0.717) is 18.8 Å². The van der Waals surface area contributed by atoms with Gasteiger partial charge in [0.25, 0.3) is 0 Å². The van der Waals surface area contributed by atoms with Gasteiger partial charge in [0.15, 0.2) is 0 Å². The number of hydrogen-bond acceptors (Lipinski definition) is 4. The molecule has 0 bridgehead atoms. The van der Waals surface area contributed by atoms with E-state index in [1.165, 1.54) is 4.88 Å². The molecule has 0 saturated heterocycles. The Morgan fingerprint density at radius 1 is 1.56 bits per heavy atom. The second-order valence-electron chi connectivity index (χ2n) is 4.79. The molecule has 0 spiro atoms. The molecule has 0 fully saturated rings. The van der Waals surface area contributed by atoms with Gasteiger partial charge in [0.1, 0.15) is 0 Å². The highest BCUT2D eigenvalue weighted by Gasteiger charge is 2.20. The molecule has 1 amide bonds. The van der Waals surface area contributed by atoms with Gasteiger partial charge >= 0.3 is 0 Å². The van der Waals surface area contributed by atoms with Crippen molar-refractivity contribution in [1.29, 1.82) is 0 Å². The Balaban J connectivity index is 2.33. The van der Waals surface area contributed by atoms with Crippen LogP contribution in [0.5, 0.6) is 0 Å². The van der Waals surface area contributed by atoms with Crippen LogP contribution >= 0.6 is 23.1 Å².